The minimum atomic E-state index is 0.681. The van der Waals surface area contributed by atoms with E-state index in [1.165, 1.54) is 38.5 Å². The maximum atomic E-state index is 3.48. The summed E-state index contributed by atoms with van der Waals surface area (Å²) in [6, 6.07) is 3.07. The molecular weight excluding hydrogens is 196 g/mol. The first-order chi connectivity index (χ1) is 7.58. The lowest BCUT2D eigenvalue weighted by atomic mass is 9.93. The number of rotatable bonds is 4. The van der Waals surface area contributed by atoms with Crippen molar-refractivity contribution >= 4 is 0 Å². The van der Waals surface area contributed by atoms with Crippen LogP contribution in [0.25, 0.3) is 0 Å². The first kappa shape index (κ1) is 14.0. The molecule has 0 saturated heterocycles. The molecule has 0 radical (unpaired) electrons. The second-order valence-corrected chi connectivity index (χ2v) is 5.90. The Kier molecular flexibility index (Phi) is 6.37. The van der Waals surface area contributed by atoms with Gasteiger partial charge < -0.3 is 10.6 Å². The first-order valence-electron chi connectivity index (χ1n) is 7.10. The normalized spacial score (nSPS) is 21.4. The Hall–Kier alpha value is -0.0800. The molecule has 0 atom stereocenters. The maximum absolute atomic E-state index is 3.48. The summed E-state index contributed by atoms with van der Waals surface area (Å²) in [5.41, 5.74) is 0. The molecule has 0 spiro atoms. The minimum absolute atomic E-state index is 0.681. The molecule has 2 fully saturated rings. The highest BCUT2D eigenvalue weighted by atomic mass is 14.9. The van der Waals surface area contributed by atoms with Gasteiger partial charge in [0.15, 0.2) is 0 Å². The van der Waals surface area contributed by atoms with Crippen LogP contribution < -0.4 is 10.6 Å². The second kappa shape index (κ2) is 7.29. The predicted octanol–water partition coefficient (Wildman–Crippen LogP) is 3.07. The minimum Gasteiger partial charge on any atom is -0.312 e. The van der Waals surface area contributed by atoms with Crippen LogP contribution in [0, 0.1) is 0 Å². The van der Waals surface area contributed by atoms with Gasteiger partial charge in [0.2, 0.25) is 0 Å². The Labute approximate surface area is 102 Å². The lowest BCUT2D eigenvalue weighted by Crippen LogP contribution is -2.39. The molecule has 0 amide bonds. The van der Waals surface area contributed by atoms with Gasteiger partial charge in [0.05, 0.1) is 0 Å². The molecule has 2 saturated carbocycles. The van der Waals surface area contributed by atoms with Crippen LogP contribution in [0.2, 0.25) is 0 Å². The molecule has 2 N–H and O–H groups in total. The molecule has 0 bridgehead atoms. The molecule has 2 rings (SSSR count). The van der Waals surface area contributed by atoms with Gasteiger partial charge in [-0.2, -0.15) is 0 Å². The molecular formula is C14H30N2. The zero-order valence-electron chi connectivity index (χ0n) is 11.6. The molecule has 0 aromatic heterocycles. The lowest BCUT2D eigenvalue weighted by molar-refractivity contribution is 0.318. The zero-order chi connectivity index (χ0) is 12.0. The first-order valence-corrected chi connectivity index (χ1v) is 7.10. The molecule has 2 aliphatic rings. The SMILES string of the molecule is CC(C)NC1CCC1.CC(C)NC1CCC1. The van der Waals surface area contributed by atoms with Crippen LogP contribution in [0.4, 0.5) is 0 Å². The Balaban J connectivity index is 0.000000160. The van der Waals surface area contributed by atoms with Crippen LogP contribution in [0.15, 0.2) is 0 Å². The predicted molar refractivity (Wildman–Crippen MR) is 71.8 cm³/mol. The molecule has 0 aromatic rings. The van der Waals surface area contributed by atoms with Gasteiger partial charge in [-0.05, 0) is 25.7 Å². The average Bonchev–Trinajstić information content (AvgIpc) is 2.05. The fourth-order valence-corrected chi connectivity index (χ4v) is 2.09. The summed E-state index contributed by atoms with van der Waals surface area (Å²) in [5, 5.41) is 6.96. The quantitative estimate of drug-likeness (QED) is 0.770. The van der Waals surface area contributed by atoms with Crippen LogP contribution in [-0.4, -0.2) is 24.2 Å². The van der Waals surface area contributed by atoms with Crippen LogP contribution in [-0.2, 0) is 0 Å². The van der Waals surface area contributed by atoms with E-state index < -0.39 is 0 Å². The Morgan fingerprint density at radius 2 is 1.00 bits per heavy atom. The Morgan fingerprint density at radius 1 is 0.688 bits per heavy atom. The van der Waals surface area contributed by atoms with Crippen LogP contribution in [0.5, 0.6) is 0 Å². The highest BCUT2D eigenvalue weighted by Crippen LogP contribution is 2.18. The summed E-state index contributed by atoms with van der Waals surface area (Å²) >= 11 is 0. The summed E-state index contributed by atoms with van der Waals surface area (Å²) in [6.07, 6.45) is 8.47. The molecule has 0 unspecified atom stereocenters. The highest BCUT2D eigenvalue weighted by molar-refractivity contribution is 4.77. The van der Waals surface area contributed by atoms with Gasteiger partial charge in [-0.3, -0.25) is 0 Å². The Morgan fingerprint density at radius 3 is 1.06 bits per heavy atom. The van der Waals surface area contributed by atoms with Crippen molar-refractivity contribution in [3.05, 3.63) is 0 Å². The van der Waals surface area contributed by atoms with Crippen molar-refractivity contribution in [1.29, 1.82) is 0 Å². The molecule has 96 valence electrons. The highest BCUT2D eigenvalue weighted by Gasteiger charge is 2.17. The molecule has 2 nitrogen and oxygen atoms in total. The van der Waals surface area contributed by atoms with E-state index in [2.05, 4.69) is 38.3 Å². The van der Waals surface area contributed by atoms with Crippen molar-refractivity contribution in [2.75, 3.05) is 0 Å². The molecule has 16 heavy (non-hydrogen) atoms. The molecule has 0 aliphatic heterocycles. The van der Waals surface area contributed by atoms with Gasteiger partial charge in [-0.15, -0.1) is 0 Å². The van der Waals surface area contributed by atoms with E-state index in [4.69, 9.17) is 0 Å². The summed E-state index contributed by atoms with van der Waals surface area (Å²) in [5.74, 6) is 0. The van der Waals surface area contributed by atoms with E-state index >= 15 is 0 Å². The number of hydrogen-bond donors (Lipinski definition) is 2. The van der Waals surface area contributed by atoms with Gasteiger partial charge in [0.25, 0.3) is 0 Å². The third-order valence-corrected chi connectivity index (χ3v) is 3.35. The van der Waals surface area contributed by atoms with E-state index in [-0.39, 0.29) is 0 Å². The van der Waals surface area contributed by atoms with Crippen molar-refractivity contribution in [3.63, 3.8) is 0 Å². The maximum Gasteiger partial charge on any atom is 0.00694 e. The van der Waals surface area contributed by atoms with E-state index in [0.717, 1.165) is 12.1 Å². The summed E-state index contributed by atoms with van der Waals surface area (Å²) in [6.45, 7) is 8.83. The van der Waals surface area contributed by atoms with Gasteiger partial charge >= 0.3 is 0 Å². The molecule has 2 aliphatic carbocycles. The van der Waals surface area contributed by atoms with Crippen molar-refractivity contribution in [2.24, 2.45) is 0 Å². The average molecular weight is 226 g/mol. The van der Waals surface area contributed by atoms with E-state index in [1.807, 2.05) is 0 Å². The van der Waals surface area contributed by atoms with Gasteiger partial charge in [0.1, 0.15) is 0 Å². The lowest BCUT2D eigenvalue weighted by Gasteiger charge is -2.28. The summed E-state index contributed by atoms with van der Waals surface area (Å²) < 4.78 is 0. The fraction of sp³-hybridized carbons (Fsp3) is 1.00. The van der Waals surface area contributed by atoms with Crippen LogP contribution in [0.3, 0.4) is 0 Å². The molecule has 0 heterocycles. The second-order valence-electron chi connectivity index (χ2n) is 5.90. The summed E-state index contributed by atoms with van der Waals surface area (Å²) in [7, 11) is 0. The number of nitrogens with one attached hydrogen (secondary N) is 2. The fourth-order valence-electron chi connectivity index (χ4n) is 2.09. The van der Waals surface area contributed by atoms with Gasteiger partial charge in [-0.1, -0.05) is 40.5 Å². The van der Waals surface area contributed by atoms with Crippen molar-refractivity contribution in [3.8, 4) is 0 Å². The topological polar surface area (TPSA) is 24.1 Å². The monoisotopic (exact) mass is 226 g/mol. The van der Waals surface area contributed by atoms with Gasteiger partial charge in [-0.25, -0.2) is 0 Å². The van der Waals surface area contributed by atoms with Gasteiger partial charge in [0, 0.05) is 24.2 Å². The molecule has 0 aromatic carbocycles. The van der Waals surface area contributed by atoms with E-state index in [1.54, 1.807) is 0 Å². The molecule has 2 heteroatoms. The third kappa shape index (κ3) is 5.86. The van der Waals surface area contributed by atoms with Crippen LogP contribution >= 0.6 is 0 Å². The smallest absolute Gasteiger partial charge is 0.00694 e. The third-order valence-electron chi connectivity index (χ3n) is 3.35. The van der Waals surface area contributed by atoms with E-state index in [0.29, 0.717) is 12.1 Å². The zero-order valence-corrected chi connectivity index (χ0v) is 11.6. The summed E-state index contributed by atoms with van der Waals surface area (Å²) in [4.78, 5) is 0. The standard InChI is InChI=1S/2C7H15N/c2*1-6(2)8-7-4-3-5-7/h2*6-8H,3-5H2,1-2H3. The van der Waals surface area contributed by atoms with Crippen molar-refractivity contribution in [1.82, 2.24) is 10.6 Å². The largest absolute Gasteiger partial charge is 0.312 e. The Bertz CT molecular complexity index is 150. The van der Waals surface area contributed by atoms with Crippen LogP contribution in [0.1, 0.15) is 66.2 Å². The van der Waals surface area contributed by atoms with Crippen molar-refractivity contribution in [2.45, 2.75) is 90.4 Å². The van der Waals surface area contributed by atoms with E-state index in [9.17, 15) is 0 Å². The van der Waals surface area contributed by atoms with Crippen molar-refractivity contribution < 1.29 is 0 Å². The number of hydrogen-bond acceptors (Lipinski definition) is 2.